The van der Waals surface area contributed by atoms with Gasteiger partial charge < -0.3 is 15.5 Å². The van der Waals surface area contributed by atoms with Crippen LogP contribution in [0.2, 0.25) is 5.15 Å². The number of pyridine rings is 1. The second kappa shape index (κ2) is 6.30. The van der Waals surface area contributed by atoms with Gasteiger partial charge in [-0.25, -0.2) is 9.78 Å². The van der Waals surface area contributed by atoms with E-state index in [1.165, 1.54) is 12.1 Å². The highest BCUT2D eigenvalue weighted by Gasteiger charge is 2.11. The molecule has 0 radical (unpaired) electrons. The molecule has 1 aromatic heterocycles. The van der Waals surface area contributed by atoms with E-state index in [1.807, 2.05) is 0 Å². The molecule has 16 heavy (non-hydrogen) atoms. The van der Waals surface area contributed by atoms with Crippen LogP contribution in [0.5, 0.6) is 0 Å². The summed E-state index contributed by atoms with van der Waals surface area (Å²) in [6, 6.07) is 2.84. The lowest BCUT2D eigenvalue weighted by Crippen LogP contribution is -2.10. The quantitative estimate of drug-likeness (QED) is 0.523. The minimum atomic E-state index is -1.05. The summed E-state index contributed by atoms with van der Waals surface area (Å²) in [5.41, 5.74) is 0.0911. The van der Waals surface area contributed by atoms with Crippen LogP contribution < -0.4 is 5.32 Å². The Kier molecular flexibility index (Phi) is 5.01. The molecule has 0 aromatic carbocycles. The standard InChI is InChI=1S/C10H13ClN2O3/c11-8-4-3-7(10(15)16)9(13-8)12-5-1-2-6-14/h3-4,14H,1-2,5-6H2,(H,12,13)(H,15,16). The molecule has 1 heterocycles. The number of aliphatic hydroxyl groups is 1. The first-order valence-corrected chi connectivity index (χ1v) is 5.27. The molecule has 0 amide bonds. The van der Waals surface area contributed by atoms with Crippen LogP contribution >= 0.6 is 11.6 Å². The highest BCUT2D eigenvalue weighted by Crippen LogP contribution is 2.16. The number of anilines is 1. The maximum Gasteiger partial charge on any atom is 0.339 e. The van der Waals surface area contributed by atoms with E-state index in [9.17, 15) is 4.79 Å². The Morgan fingerprint density at radius 2 is 2.19 bits per heavy atom. The molecule has 0 aliphatic rings. The molecule has 0 bridgehead atoms. The average molecular weight is 245 g/mol. The molecule has 1 aromatic rings. The molecule has 0 saturated carbocycles. The molecular formula is C10H13ClN2O3. The minimum Gasteiger partial charge on any atom is -0.478 e. The highest BCUT2D eigenvalue weighted by molar-refractivity contribution is 6.29. The van der Waals surface area contributed by atoms with Crippen LogP contribution in [0.25, 0.3) is 0 Å². The van der Waals surface area contributed by atoms with Gasteiger partial charge in [0.2, 0.25) is 0 Å². The summed E-state index contributed by atoms with van der Waals surface area (Å²) in [7, 11) is 0. The van der Waals surface area contributed by atoms with Crippen molar-refractivity contribution in [2.45, 2.75) is 12.8 Å². The number of carboxylic acids is 1. The predicted octanol–water partition coefficient (Wildman–Crippen LogP) is 1.62. The zero-order chi connectivity index (χ0) is 12.0. The molecule has 3 N–H and O–H groups in total. The zero-order valence-electron chi connectivity index (χ0n) is 8.61. The lowest BCUT2D eigenvalue weighted by atomic mass is 10.2. The van der Waals surface area contributed by atoms with Crippen molar-refractivity contribution < 1.29 is 15.0 Å². The molecule has 6 heteroatoms. The van der Waals surface area contributed by atoms with Gasteiger partial charge in [0.05, 0.1) is 0 Å². The number of halogens is 1. The summed E-state index contributed by atoms with van der Waals surface area (Å²) >= 11 is 5.68. The second-order valence-electron chi connectivity index (χ2n) is 3.19. The third kappa shape index (κ3) is 3.67. The Labute approximate surface area is 98.1 Å². The normalized spacial score (nSPS) is 10.1. The van der Waals surface area contributed by atoms with E-state index < -0.39 is 5.97 Å². The molecule has 0 atom stereocenters. The van der Waals surface area contributed by atoms with E-state index in [0.717, 1.165) is 6.42 Å². The number of hydrogen-bond donors (Lipinski definition) is 3. The summed E-state index contributed by atoms with van der Waals surface area (Å²) < 4.78 is 0. The van der Waals surface area contributed by atoms with E-state index in [0.29, 0.717) is 13.0 Å². The number of unbranched alkanes of at least 4 members (excludes halogenated alkanes) is 1. The Bertz CT molecular complexity index is 371. The molecular weight excluding hydrogens is 232 g/mol. The zero-order valence-corrected chi connectivity index (χ0v) is 9.37. The van der Waals surface area contributed by atoms with Crippen LogP contribution in [-0.2, 0) is 0 Å². The van der Waals surface area contributed by atoms with Crippen LogP contribution in [0.3, 0.4) is 0 Å². The van der Waals surface area contributed by atoms with Gasteiger partial charge in [0.15, 0.2) is 0 Å². The number of aliphatic hydroxyl groups excluding tert-OH is 1. The minimum absolute atomic E-state index is 0.0911. The Hall–Kier alpha value is -1.33. The SMILES string of the molecule is O=C(O)c1ccc(Cl)nc1NCCCCO. The largest absolute Gasteiger partial charge is 0.478 e. The first-order chi connectivity index (χ1) is 7.65. The van der Waals surface area contributed by atoms with Crippen LogP contribution in [0, 0.1) is 0 Å². The second-order valence-corrected chi connectivity index (χ2v) is 3.58. The number of aromatic carboxylic acids is 1. The summed E-state index contributed by atoms with van der Waals surface area (Å²) in [4.78, 5) is 14.8. The van der Waals surface area contributed by atoms with Gasteiger partial charge >= 0.3 is 5.97 Å². The molecule has 5 nitrogen and oxygen atoms in total. The number of carboxylic acid groups (broad SMARTS) is 1. The van der Waals surface area contributed by atoms with Crippen molar-refractivity contribution in [3.8, 4) is 0 Å². The van der Waals surface area contributed by atoms with Crippen molar-refractivity contribution in [1.29, 1.82) is 0 Å². The van der Waals surface area contributed by atoms with Crippen molar-refractivity contribution in [3.63, 3.8) is 0 Å². The third-order valence-electron chi connectivity index (χ3n) is 1.97. The Morgan fingerprint density at radius 1 is 1.44 bits per heavy atom. The lowest BCUT2D eigenvalue weighted by Gasteiger charge is -2.08. The summed E-state index contributed by atoms with van der Waals surface area (Å²) in [5, 5.41) is 20.6. The Balaban J connectivity index is 2.68. The van der Waals surface area contributed by atoms with E-state index in [1.54, 1.807) is 0 Å². The number of nitrogens with one attached hydrogen (secondary N) is 1. The van der Waals surface area contributed by atoms with E-state index in [-0.39, 0.29) is 23.1 Å². The fraction of sp³-hybridized carbons (Fsp3) is 0.400. The summed E-state index contributed by atoms with van der Waals surface area (Å²) in [5.74, 6) is -0.785. The Morgan fingerprint density at radius 3 is 2.81 bits per heavy atom. The average Bonchev–Trinajstić information content (AvgIpc) is 2.24. The van der Waals surface area contributed by atoms with E-state index in [2.05, 4.69) is 10.3 Å². The van der Waals surface area contributed by atoms with Crippen molar-refractivity contribution >= 4 is 23.4 Å². The fourth-order valence-corrected chi connectivity index (χ4v) is 1.33. The van der Waals surface area contributed by atoms with Crippen LogP contribution in [-0.4, -0.2) is 34.3 Å². The maximum atomic E-state index is 10.9. The number of aromatic nitrogens is 1. The van der Waals surface area contributed by atoms with Crippen molar-refractivity contribution in [1.82, 2.24) is 4.98 Å². The van der Waals surface area contributed by atoms with E-state index in [4.69, 9.17) is 21.8 Å². The van der Waals surface area contributed by atoms with Crippen molar-refractivity contribution in [2.75, 3.05) is 18.5 Å². The van der Waals surface area contributed by atoms with Crippen molar-refractivity contribution in [2.24, 2.45) is 0 Å². The van der Waals surface area contributed by atoms with Gasteiger partial charge in [-0.2, -0.15) is 0 Å². The highest BCUT2D eigenvalue weighted by atomic mass is 35.5. The smallest absolute Gasteiger partial charge is 0.339 e. The van der Waals surface area contributed by atoms with Gasteiger partial charge in [0.25, 0.3) is 0 Å². The van der Waals surface area contributed by atoms with Gasteiger partial charge in [-0.05, 0) is 25.0 Å². The topological polar surface area (TPSA) is 82.5 Å². The molecule has 1 rings (SSSR count). The summed E-state index contributed by atoms with van der Waals surface area (Å²) in [6.07, 6.45) is 1.40. The fourth-order valence-electron chi connectivity index (χ4n) is 1.19. The summed E-state index contributed by atoms with van der Waals surface area (Å²) in [6.45, 7) is 0.671. The van der Waals surface area contributed by atoms with Crippen LogP contribution in [0.15, 0.2) is 12.1 Å². The number of hydrogen-bond acceptors (Lipinski definition) is 4. The maximum absolute atomic E-state index is 10.9. The number of nitrogens with zero attached hydrogens (tertiary/aromatic N) is 1. The first-order valence-electron chi connectivity index (χ1n) is 4.89. The predicted molar refractivity (Wildman–Crippen MR) is 61.0 cm³/mol. The van der Waals surface area contributed by atoms with E-state index >= 15 is 0 Å². The van der Waals surface area contributed by atoms with Crippen LogP contribution in [0.4, 0.5) is 5.82 Å². The monoisotopic (exact) mass is 244 g/mol. The lowest BCUT2D eigenvalue weighted by molar-refractivity contribution is 0.0697. The molecule has 0 unspecified atom stereocenters. The van der Waals surface area contributed by atoms with Gasteiger partial charge in [-0.15, -0.1) is 0 Å². The van der Waals surface area contributed by atoms with Crippen LogP contribution in [0.1, 0.15) is 23.2 Å². The first kappa shape index (κ1) is 12.7. The number of rotatable bonds is 6. The van der Waals surface area contributed by atoms with Gasteiger partial charge in [-0.3, -0.25) is 0 Å². The number of carbonyl (C=O) groups is 1. The molecule has 0 aliphatic heterocycles. The molecule has 0 fully saturated rings. The van der Waals surface area contributed by atoms with Gasteiger partial charge in [0, 0.05) is 13.2 Å². The molecule has 0 spiro atoms. The molecule has 0 saturated heterocycles. The third-order valence-corrected chi connectivity index (χ3v) is 2.18. The molecule has 88 valence electrons. The molecule has 0 aliphatic carbocycles. The van der Waals surface area contributed by atoms with Gasteiger partial charge in [0.1, 0.15) is 16.5 Å². The van der Waals surface area contributed by atoms with Gasteiger partial charge in [-0.1, -0.05) is 11.6 Å². The van der Waals surface area contributed by atoms with Crippen molar-refractivity contribution in [3.05, 3.63) is 22.8 Å².